The third-order valence-corrected chi connectivity index (χ3v) is 25.4. The van der Waals surface area contributed by atoms with Gasteiger partial charge in [0.2, 0.25) is 0 Å². The molecule has 2 nitrogen and oxygen atoms in total. The summed E-state index contributed by atoms with van der Waals surface area (Å²) in [4.78, 5) is 13.7. The summed E-state index contributed by atoms with van der Waals surface area (Å²) in [6.45, 7) is 8.10. The maximum absolute atomic E-state index is 13.7. The van der Waals surface area contributed by atoms with Crippen molar-refractivity contribution < 1.29 is 9.53 Å². The highest BCUT2D eigenvalue weighted by Gasteiger charge is 2.89. The Morgan fingerprint density at radius 1 is 0.524 bits per heavy atom. The van der Waals surface area contributed by atoms with Gasteiger partial charge in [0.15, 0.2) is 0 Å². The molecule has 17 aliphatic rings. The fourth-order valence-corrected chi connectivity index (χ4v) is 25.6. The van der Waals surface area contributed by atoms with E-state index < -0.39 is 0 Å². The van der Waals surface area contributed by atoms with E-state index in [1.807, 2.05) is 36.4 Å². The summed E-state index contributed by atoms with van der Waals surface area (Å²) in [5, 5.41) is 0. The number of hydrogen-bond donors (Lipinski definition) is 0. The molecule has 29 unspecified atom stereocenters. The van der Waals surface area contributed by atoms with E-state index in [2.05, 4.69) is 96.2 Å². The van der Waals surface area contributed by atoms with Gasteiger partial charge in [-0.05, 0) is 231 Å². The van der Waals surface area contributed by atoms with Gasteiger partial charge in [-0.15, -0.1) is 0 Å². The van der Waals surface area contributed by atoms with Crippen LogP contribution in [0.25, 0.3) is 12.2 Å². The molecule has 0 spiro atoms. The summed E-state index contributed by atoms with van der Waals surface area (Å²) in [6, 6.07) is 17.7. The van der Waals surface area contributed by atoms with Crippen LogP contribution in [0.1, 0.15) is 48.8 Å². The molecule has 0 N–H and O–H groups in total. The minimum atomic E-state index is -0.0728. The van der Waals surface area contributed by atoms with Crippen LogP contribution < -0.4 is 4.74 Å². The van der Waals surface area contributed by atoms with Gasteiger partial charge < -0.3 is 4.74 Å². The molecule has 0 bridgehead atoms. The molecule has 29 atom stereocenters. The van der Waals surface area contributed by atoms with Crippen LogP contribution in [-0.4, -0.2) is 5.97 Å². The third kappa shape index (κ3) is 3.20. The lowest BCUT2D eigenvalue weighted by Gasteiger charge is -2.60. The summed E-state index contributed by atoms with van der Waals surface area (Å²) in [5.41, 5.74) is 12.6. The zero-order valence-corrected chi connectivity index (χ0v) is 36.2. The van der Waals surface area contributed by atoms with E-state index in [4.69, 9.17) is 4.74 Å². The molecular formula is C61H58O2. The highest BCUT2D eigenvalue weighted by Crippen LogP contribution is 2.93. The van der Waals surface area contributed by atoms with Gasteiger partial charge in [0.1, 0.15) is 5.75 Å². The summed E-state index contributed by atoms with van der Waals surface area (Å²) >= 11 is 0. The van der Waals surface area contributed by atoms with E-state index in [9.17, 15) is 4.79 Å². The molecule has 0 radical (unpaired) electrons. The topological polar surface area (TPSA) is 26.3 Å². The molecule has 2 heteroatoms. The average molecular weight is 823 g/mol. The highest BCUT2D eigenvalue weighted by molar-refractivity contribution is 5.72. The van der Waals surface area contributed by atoms with Crippen LogP contribution in [0.2, 0.25) is 0 Å². The fourth-order valence-electron chi connectivity index (χ4n) is 25.6. The summed E-state index contributed by atoms with van der Waals surface area (Å²) in [6.07, 6.45) is 26.8. The van der Waals surface area contributed by atoms with Gasteiger partial charge in [0, 0.05) is 11.8 Å². The normalized spacial score (nSPS) is 59.1. The average Bonchev–Trinajstić information content (AvgIpc) is 3.93. The molecule has 314 valence electrons. The lowest BCUT2D eigenvalue weighted by molar-refractivity contribution is -0.134. The van der Waals surface area contributed by atoms with Crippen LogP contribution in [0, 0.1) is 166 Å². The second-order valence-corrected chi connectivity index (χ2v) is 25.4. The van der Waals surface area contributed by atoms with Gasteiger partial charge in [-0.2, -0.15) is 0 Å². The molecule has 63 heavy (non-hydrogen) atoms. The quantitative estimate of drug-likeness (QED) is 0.151. The molecular weight excluding hydrogens is 765 g/mol. The minimum absolute atomic E-state index is 0.0728. The summed E-state index contributed by atoms with van der Waals surface area (Å²) in [7, 11) is 0. The number of allylic oxidation sites excluding steroid dienone is 10. The standard InChI is InChI=1S/C61H58O2/c1-3-24-7-11-26(12-8-24)61(23-5-6-36(62)63-27-13-9-25(4-2)10-14-27)59-45-34-21-19-32-30-17-15-28-29-16-18-31-33-20-22-35-44-42(33)49-40(31)38(29)47-37(28)39(30)48-41(32)43(34)50-52(45)53(46(35)60(59)61)51(44)58-56(49)54(47)55(48)57(50)58/h3-4,7-19,21,28-35,37-46,49-53,56-60H,1-2,5-6,20,22-23H2. The fraction of sp³-hybridized carbons (Fsp3) is 0.557. The number of ether oxygens (including phenoxy) is 1. The number of rotatable bonds is 8. The number of carbonyl (C=O) groups is 1. The van der Waals surface area contributed by atoms with Gasteiger partial charge >= 0.3 is 5.97 Å². The predicted molar refractivity (Wildman–Crippen MR) is 243 cm³/mol. The lowest BCUT2D eigenvalue weighted by Crippen LogP contribution is -2.56. The lowest BCUT2D eigenvalue weighted by atomic mass is 9.44. The van der Waals surface area contributed by atoms with Crippen LogP contribution in [0.5, 0.6) is 5.75 Å². The molecule has 19 rings (SSSR count). The maximum atomic E-state index is 13.7. The van der Waals surface area contributed by atoms with E-state index in [0.29, 0.717) is 12.2 Å². The second-order valence-electron chi connectivity index (χ2n) is 25.4. The third-order valence-electron chi connectivity index (χ3n) is 25.4. The first-order valence-corrected chi connectivity index (χ1v) is 26.3. The Hall–Kier alpha value is -3.91. The monoisotopic (exact) mass is 822 g/mol. The predicted octanol–water partition coefficient (Wildman–Crippen LogP) is 11.5. The smallest absolute Gasteiger partial charge is 0.311 e. The Morgan fingerprint density at radius 2 is 1.05 bits per heavy atom. The molecule has 0 saturated heterocycles. The summed E-state index contributed by atoms with van der Waals surface area (Å²) < 4.78 is 6.03. The molecule has 2 aromatic rings. The summed E-state index contributed by atoms with van der Waals surface area (Å²) in [5.74, 6) is 24.6. The van der Waals surface area contributed by atoms with E-state index in [0.717, 1.165) is 184 Å². The van der Waals surface area contributed by atoms with Crippen molar-refractivity contribution in [2.75, 3.05) is 0 Å². The Kier molecular flexibility index (Phi) is 5.53. The van der Waals surface area contributed by atoms with E-state index in [1.165, 1.54) is 18.4 Å². The van der Waals surface area contributed by atoms with Crippen molar-refractivity contribution in [1.29, 1.82) is 0 Å². The number of fused-ring (bicyclic) bond motifs is 8. The van der Waals surface area contributed by atoms with Crippen molar-refractivity contribution >= 4 is 18.1 Å². The Morgan fingerprint density at radius 3 is 1.73 bits per heavy atom. The molecule has 11 fully saturated rings. The van der Waals surface area contributed by atoms with Crippen LogP contribution in [0.15, 0.2) is 120 Å². The Labute approximate surface area is 372 Å². The molecule has 0 heterocycles. The van der Waals surface area contributed by atoms with Gasteiger partial charge in [0.05, 0.1) is 0 Å². The molecule has 2 aromatic carbocycles. The van der Waals surface area contributed by atoms with Gasteiger partial charge in [-0.3, -0.25) is 4.79 Å². The van der Waals surface area contributed by atoms with Gasteiger partial charge in [-0.25, -0.2) is 0 Å². The number of hydrogen-bond acceptors (Lipinski definition) is 2. The van der Waals surface area contributed by atoms with E-state index >= 15 is 0 Å². The number of benzene rings is 2. The number of esters is 1. The van der Waals surface area contributed by atoms with Crippen molar-refractivity contribution in [2.24, 2.45) is 166 Å². The Bertz CT molecular complexity index is 2760. The zero-order chi connectivity index (χ0) is 40.4. The van der Waals surface area contributed by atoms with Crippen LogP contribution in [-0.2, 0) is 10.2 Å². The first-order chi connectivity index (χ1) is 31.1. The second kappa shape index (κ2) is 10.4. The van der Waals surface area contributed by atoms with Crippen molar-refractivity contribution in [1.82, 2.24) is 0 Å². The zero-order valence-electron chi connectivity index (χ0n) is 36.2. The van der Waals surface area contributed by atoms with E-state index in [1.54, 1.807) is 5.56 Å². The van der Waals surface area contributed by atoms with Crippen molar-refractivity contribution in [2.45, 2.75) is 37.5 Å². The largest absolute Gasteiger partial charge is 0.427 e. The van der Waals surface area contributed by atoms with Crippen LogP contribution >= 0.6 is 0 Å². The van der Waals surface area contributed by atoms with E-state index in [-0.39, 0.29) is 11.4 Å². The van der Waals surface area contributed by atoms with Crippen molar-refractivity contribution in [3.63, 3.8) is 0 Å². The molecule has 0 amide bonds. The van der Waals surface area contributed by atoms with Crippen molar-refractivity contribution in [3.05, 3.63) is 137 Å². The first kappa shape index (κ1) is 33.6. The SMILES string of the molecule is C=Cc1ccc(OC(=O)CCCC2(c3ccc(C=C)cc3)C3C4C5C=CC6C7C=CC8C9C=CC%10C%11CCC%12C%13C%11C%11C%14C%15=C(C8C7C7=C%15C8C%14C%13C(C4C8C5C76)C%12C32)C9C%10%11)cc1. The number of carbonyl (C=O) groups excluding carboxylic acids is 1. The van der Waals surface area contributed by atoms with Crippen molar-refractivity contribution in [3.8, 4) is 5.75 Å². The Balaban J connectivity index is 0.817. The highest BCUT2D eigenvalue weighted by atomic mass is 16.5. The van der Waals surface area contributed by atoms with Crippen LogP contribution in [0.4, 0.5) is 0 Å². The maximum Gasteiger partial charge on any atom is 0.311 e. The van der Waals surface area contributed by atoms with Crippen LogP contribution in [0.3, 0.4) is 0 Å². The minimum Gasteiger partial charge on any atom is -0.427 e. The van der Waals surface area contributed by atoms with Gasteiger partial charge in [0.25, 0.3) is 0 Å². The molecule has 11 saturated carbocycles. The van der Waals surface area contributed by atoms with Gasteiger partial charge in [-0.1, -0.05) is 109 Å². The molecule has 17 aliphatic carbocycles. The molecule has 0 aromatic heterocycles. The molecule has 0 aliphatic heterocycles. The first-order valence-electron chi connectivity index (χ1n) is 26.3.